The number of hydrogen-bond donors (Lipinski definition) is 2. The van der Waals surface area contributed by atoms with Crippen molar-refractivity contribution in [3.05, 3.63) is 30.0 Å². The van der Waals surface area contributed by atoms with E-state index in [1.54, 1.807) is 7.11 Å². The summed E-state index contributed by atoms with van der Waals surface area (Å²) in [4.78, 5) is 21.1. The summed E-state index contributed by atoms with van der Waals surface area (Å²) >= 11 is 0. The first-order valence-corrected chi connectivity index (χ1v) is 11.1. The van der Waals surface area contributed by atoms with E-state index in [0.717, 1.165) is 49.1 Å². The van der Waals surface area contributed by atoms with Crippen molar-refractivity contribution < 1.29 is 9.53 Å². The molecule has 0 unspecified atom stereocenters. The molecule has 1 aromatic heterocycles. The molecule has 6 nitrogen and oxygen atoms in total. The van der Waals surface area contributed by atoms with Crippen molar-refractivity contribution in [2.24, 2.45) is 0 Å². The average Bonchev–Trinajstić information content (AvgIpc) is 3.02. The van der Waals surface area contributed by atoms with Crippen LogP contribution in [-0.2, 0) is 0 Å². The fourth-order valence-electron chi connectivity index (χ4n) is 4.63. The van der Waals surface area contributed by atoms with Crippen molar-refractivity contribution in [1.29, 1.82) is 0 Å². The molecular formula is C23H34N4O2. The first-order chi connectivity index (χ1) is 14.2. The van der Waals surface area contributed by atoms with Gasteiger partial charge in [0.25, 0.3) is 5.91 Å². The van der Waals surface area contributed by atoms with Crippen molar-refractivity contribution in [2.75, 3.05) is 46.4 Å². The largest absolute Gasteiger partial charge is 0.496 e. The fourth-order valence-corrected chi connectivity index (χ4v) is 4.63. The number of piperidine rings is 1. The molecule has 0 bridgehead atoms. The average molecular weight is 399 g/mol. The Bertz CT molecular complexity index is 802. The molecule has 1 amide bonds. The molecular weight excluding hydrogens is 364 g/mol. The SMILES string of the molecule is COc1cccc2[nH]c(C(=O)NC3CCN(CCN4CCCCCC4)CC3)cc12. The zero-order chi connectivity index (χ0) is 20.1. The first kappa shape index (κ1) is 20.2. The van der Waals surface area contributed by atoms with E-state index >= 15 is 0 Å². The molecule has 0 saturated carbocycles. The Hall–Kier alpha value is -2.05. The van der Waals surface area contributed by atoms with Gasteiger partial charge in [0.15, 0.2) is 0 Å². The third-order valence-corrected chi connectivity index (χ3v) is 6.44. The van der Waals surface area contributed by atoms with Crippen LogP contribution in [0.4, 0.5) is 0 Å². The number of aromatic nitrogens is 1. The number of H-pyrrole nitrogens is 1. The number of carbonyl (C=O) groups is 1. The van der Waals surface area contributed by atoms with E-state index in [1.165, 1.54) is 45.3 Å². The summed E-state index contributed by atoms with van der Waals surface area (Å²) in [5, 5.41) is 4.17. The second-order valence-corrected chi connectivity index (χ2v) is 8.45. The molecule has 29 heavy (non-hydrogen) atoms. The van der Waals surface area contributed by atoms with Crippen molar-refractivity contribution in [3.8, 4) is 5.75 Å². The van der Waals surface area contributed by atoms with Gasteiger partial charge in [-0.15, -0.1) is 0 Å². The van der Waals surface area contributed by atoms with E-state index in [9.17, 15) is 4.79 Å². The molecule has 2 aliphatic rings. The van der Waals surface area contributed by atoms with Crippen molar-refractivity contribution in [1.82, 2.24) is 20.1 Å². The Labute approximate surface area is 173 Å². The molecule has 4 rings (SSSR count). The van der Waals surface area contributed by atoms with E-state index in [0.29, 0.717) is 5.69 Å². The van der Waals surface area contributed by atoms with Gasteiger partial charge in [-0.2, -0.15) is 0 Å². The van der Waals surface area contributed by atoms with E-state index < -0.39 is 0 Å². The number of rotatable bonds is 6. The predicted octanol–water partition coefficient (Wildman–Crippen LogP) is 3.25. The van der Waals surface area contributed by atoms with Gasteiger partial charge >= 0.3 is 0 Å². The van der Waals surface area contributed by atoms with Crippen molar-refractivity contribution in [2.45, 2.75) is 44.6 Å². The van der Waals surface area contributed by atoms with Crippen molar-refractivity contribution in [3.63, 3.8) is 0 Å². The number of nitrogens with one attached hydrogen (secondary N) is 2. The Morgan fingerprint density at radius 3 is 2.45 bits per heavy atom. The third kappa shape index (κ3) is 5.11. The van der Waals surface area contributed by atoms with Gasteiger partial charge in [0.05, 0.1) is 7.11 Å². The highest BCUT2D eigenvalue weighted by Crippen LogP contribution is 2.26. The lowest BCUT2D eigenvalue weighted by molar-refractivity contribution is 0.0902. The van der Waals surface area contributed by atoms with Crippen LogP contribution in [0.2, 0.25) is 0 Å². The molecule has 0 aliphatic carbocycles. The number of benzene rings is 1. The van der Waals surface area contributed by atoms with Crippen LogP contribution in [0.3, 0.4) is 0 Å². The van der Waals surface area contributed by atoms with E-state index in [4.69, 9.17) is 4.74 Å². The van der Waals surface area contributed by atoms with Crippen LogP contribution in [0.1, 0.15) is 49.0 Å². The van der Waals surface area contributed by atoms with Gasteiger partial charge in [0, 0.05) is 43.1 Å². The number of fused-ring (bicyclic) bond motifs is 1. The highest BCUT2D eigenvalue weighted by Gasteiger charge is 2.22. The maximum absolute atomic E-state index is 12.7. The van der Waals surface area contributed by atoms with Crippen LogP contribution < -0.4 is 10.1 Å². The molecule has 2 saturated heterocycles. The Morgan fingerprint density at radius 1 is 1.07 bits per heavy atom. The third-order valence-electron chi connectivity index (χ3n) is 6.44. The van der Waals surface area contributed by atoms with E-state index in [2.05, 4.69) is 20.1 Å². The summed E-state index contributed by atoms with van der Waals surface area (Å²) in [5.74, 6) is 0.766. The standard InChI is InChI=1S/C23H34N4O2/c1-29-22-8-6-7-20-19(22)17-21(25-20)23(28)24-18-9-13-27(14-10-18)16-15-26-11-4-2-3-5-12-26/h6-8,17-18,25H,2-5,9-16H2,1H3,(H,24,28). The molecule has 0 spiro atoms. The molecule has 158 valence electrons. The van der Waals surface area contributed by atoms with Crippen LogP contribution in [0.25, 0.3) is 10.9 Å². The molecule has 0 radical (unpaired) electrons. The highest BCUT2D eigenvalue weighted by molar-refractivity contribution is 5.99. The summed E-state index contributed by atoms with van der Waals surface area (Å²) in [6.07, 6.45) is 7.54. The van der Waals surface area contributed by atoms with Crippen LogP contribution in [-0.4, -0.2) is 73.1 Å². The lowest BCUT2D eigenvalue weighted by atomic mass is 10.0. The number of hydrogen-bond acceptors (Lipinski definition) is 4. The molecule has 1 aromatic carbocycles. The minimum absolute atomic E-state index is 0.0220. The molecule has 3 heterocycles. The lowest BCUT2D eigenvalue weighted by Gasteiger charge is -2.33. The van der Waals surface area contributed by atoms with E-state index in [1.807, 2.05) is 24.3 Å². The number of methoxy groups -OCH3 is 1. The van der Waals surface area contributed by atoms with Gasteiger partial charge in [-0.25, -0.2) is 0 Å². The number of carbonyl (C=O) groups excluding carboxylic acids is 1. The Balaban J connectivity index is 1.24. The van der Waals surface area contributed by atoms with Gasteiger partial charge in [-0.3, -0.25) is 4.79 Å². The number of likely N-dealkylation sites (tertiary alicyclic amines) is 2. The summed E-state index contributed by atoms with van der Waals surface area (Å²) in [6.45, 7) is 7.01. The number of aromatic amines is 1. The molecule has 6 heteroatoms. The van der Waals surface area contributed by atoms with Crippen LogP contribution >= 0.6 is 0 Å². The van der Waals surface area contributed by atoms with Gasteiger partial charge < -0.3 is 24.8 Å². The summed E-state index contributed by atoms with van der Waals surface area (Å²) in [6, 6.07) is 7.96. The maximum Gasteiger partial charge on any atom is 0.267 e. The second kappa shape index (κ2) is 9.63. The number of amides is 1. The molecule has 0 atom stereocenters. The smallest absolute Gasteiger partial charge is 0.267 e. The quantitative estimate of drug-likeness (QED) is 0.784. The minimum atomic E-state index is -0.0220. The second-order valence-electron chi connectivity index (χ2n) is 8.45. The fraction of sp³-hybridized carbons (Fsp3) is 0.609. The summed E-state index contributed by atoms with van der Waals surface area (Å²) < 4.78 is 5.40. The summed E-state index contributed by atoms with van der Waals surface area (Å²) in [5.41, 5.74) is 1.53. The monoisotopic (exact) mass is 398 g/mol. The number of ether oxygens (including phenoxy) is 1. The van der Waals surface area contributed by atoms with Crippen LogP contribution in [0.5, 0.6) is 5.75 Å². The summed E-state index contributed by atoms with van der Waals surface area (Å²) in [7, 11) is 1.65. The first-order valence-electron chi connectivity index (χ1n) is 11.1. The predicted molar refractivity (Wildman–Crippen MR) is 117 cm³/mol. The van der Waals surface area contributed by atoms with Crippen molar-refractivity contribution >= 4 is 16.8 Å². The van der Waals surface area contributed by atoms with Gasteiger partial charge in [-0.05, 0) is 57.0 Å². The van der Waals surface area contributed by atoms with Gasteiger partial charge in [0.1, 0.15) is 11.4 Å². The molecule has 2 fully saturated rings. The molecule has 2 aliphatic heterocycles. The van der Waals surface area contributed by atoms with Gasteiger partial charge in [0.2, 0.25) is 0 Å². The van der Waals surface area contributed by atoms with Crippen LogP contribution in [0.15, 0.2) is 24.3 Å². The Kier molecular flexibility index (Phi) is 6.72. The van der Waals surface area contributed by atoms with Crippen LogP contribution in [0, 0.1) is 0 Å². The molecule has 2 N–H and O–H groups in total. The normalized spacial score (nSPS) is 19.9. The topological polar surface area (TPSA) is 60.6 Å². The van der Waals surface area contributed by atoms with E-state index in [-0.39, 0.29) is 11.9 Å². The molecule has 2 aromatic rings. The Morgan fingerprint density at radius 2 is 1.76 bits per heavy atom. The zero-order valence-corrected chi connectivity index (χ0v) is 17.6. The lowest BCUT2D eigenvalue weighted by Crippen LogP contribution is -2.46. The maximum atomic E-state index is 12.7. The van der Waals surface area contributed by atoms with Gasteiger partial charge in [-0.1, -0.05) is 18.9 Å². The minimum Gasteiger partial charge on any atom is -0.496 e. The highest BCUT2D eigenvalue weighted by atomic mass is 16.5. The number of nitrogens with zero attached hydrogens (tertiary/aromatic N) is 2. The zero-order valence-electron chi connectivity index (χ0n) is 17.6.